The molecule has 1 aromatic carbocycles. The summed E-state index contributed by atoms with van der Waals surface area (Å²) in [6.45, 7) is 0. The molecule has 0 radical (unpaired) electrons. The fourth-order valence-electron chi connectivity index (χ4n) is 1.08. The number of thiol groups is 1. The van der Waals surface area contributed by atoms with Crippen molar-refractivity contribution in [1.82, 2.24) is 0 Å². The van der Waals surface area contributed by atoms with Gasteiger partial charge >= 0.3 is 6.29 Å². The van der Waals surface area contributed by atoms with E-state index in [1.807, 2.05) is 0 Å². The molecule has 0 atom stereocenters. The van der Waals surface area contributed by atoms with Crippen molar-refractivity contribution in [2.75, 3.05) is 0 Å². The largest absolute Gasteiger partial charge is 0.586 e. The summed E-state index contributed by atoms with van der Waals surface area (Å²) >= 11 is 3.55. The molecular weight excluding hydrogens is 214 g/mol. The third-order valence-corrected chi connectivity index (χ3v) is 1.91. The average molecular weight is 218 g/mol. The summed E-state index contributed by atoms with van der Waals surface area (Å²) < 4.78 is 33.3. The molecular formula is C8H4F2O3S. The van der Waals surface area contributed by atoms with Crippen LogP contribution >= 0.6 is 12.6 Å². The highest BCUT2D eigenvalue weighted by Crippen LogP contribution is 2.41. The van der Waals surface area contributed by atoms with E-state index in [1.165, 1.54) is 12.1 Å². The molecule has 0 bridgehead atoms. The quantitative estimate of drug-likeness (QED) is 0.733. The Bertz CT molecular complexity index is 406. The first-order valence-corrected chi connectivity index (χ1v) is 4.06. The van der Waals surface area contributed by atoms with Crippen LogP contribution in [0.25, 0.3) is 0 Å². The summed E-state index contributed by atoms with van der Waals surface area (Å²) in [5, 5.41) is -0.522. The minimum atomic E-state index is -3.65. The van der Waals surface area contributed by atoms with Crippen LogP contribution in [0.1, 0.15) is 10.4 Å². The van der Waals surface area contributed by atoms with Gasteiger partial charge in [0.1, 0.15) is 0 Å². The zero-order valence-electron chi connectivity index (χ0n) is 6.66. The first kappa shape index (κ1) is 9.26. The Labute approximate surface area is 83.0 Å². The molecule has 6 heteroatoms. The predicted molar refractivity (Wildman–Crippen MR) is 46.0 cm³/mol. The highest BCUT2D eigenvalue weighted by molar-refractivity contribution is 7.97. The summed E-state index contributed by atoms with van der Waals surface area (Å²) in [7, 11) is 0. The van der Waals surface area contributed by atoms with Gasteiger partial charge in [0, 0.05) is 5.56 Å². The van der Waals surface area contributed by atoms with Gasteiger partial charge < -0.3 is 9.47 Å². The molecule has 2 rings (SSSR count). The smallest absolute Gasteiger partial charge is 0.395 e. The second-order valence-electron chi connectivity index (χ2n) is 2.63. The number of hydrogen-bond acceptors (Lipinski definition) is 3. The first-order valence-electron chi connectivity index (χ1n) is 3.61. The van der Waals surface area contributed by atoms with Crippen LogP contribution in [0.3, 0.4) is 0 Å². The third-order valence-electron chi connectivity index (χ3n) is 1.65. The molecule has 0 amide bonds. The number of hydrogen-bond donors (Lipinski definition) is 1. The molecule has 74 valence electrons. The highest BCUT2D eigenvalue weighted by atomic mass is 32.1. The number of benzene rings is 1. The van der Waals surface area contributed by atoms with E-state index in [0.29, 0.717) is 0 Å². The fraction of sp³-hybridized carbons (Fsp3) is 0.125. The zero-order chi connectivity index (χ0) is 10.3. The number of rotatable bonds is 1. The number of halogens is 2. The topological polar surface area (TPSA) is 35.5 Å². The molecule has 0 unspecified atom stereocenters. The Morgan fingerprint density at radius 2 is 1.93 bits per heavy atom. The van der Waals surface area contributed by atoms with Crippen molar-refractivity contribution in [3.05, 3.63) is 23.8 Å². The lowest BCUT2D eigenvalue weighted by atomic mass is 10.2. The Morgan fingerprint density at radius 1 is 1.29 bits per heavy atom. The van der Waals surface area contributed by atoms with Crippen LogP contribution in [0.15, 0.2) is 18.2 Å². The van der Waals surface area contributed by atoms with Crippen molar-refractivity contribution in [1.29, 1.82) is 0 Å². The monoisotopic (exact) mass is 218 g/mol. The van der Waals surface area contributed by atoms with Crippen molar-refractivity contribution in [3.8, 4) is 11.5 Å². The maximum atomic E-state index is 12.5. The third kappa shape index (κ3) is 1.52. The number of fused-ring (bicyclic) bond motifs is 1. The van der Waals surface area contributed by atoms with Gasteiger partial charge in [0.25, 0.3) is 0 Å². The summed E-state index contributed by atoms with van der Waals surface area (Å²) in [5.41, 5.74) is 0.174. The molecule has 14 heavy (non-hydrogen) atoms. The molecule has 0 saturated heterocycles. The van der Waals surface area contributed by atoms with Gasteiger partial charge in [-0.05, 0) is 18.2 Å². The van der Waals surface area contributed by atoms with Gasteiger partial charge in [0.2, 0.25) is 5.12 Å². The molecule has 1 aromatic rings. The van der Waals surface area contributed by atoms with Gasteiger partial charge in [0.15, 0.2) is 11.5 Å². The highest BCUT2D eigenvalue weighted by Gasteiger charge is 2.43. The van der Waals surface area contributed by atoms with Gasteiger partial charge in [-0.1, -0.05) is 0 Å². The molecule has 0 aliphatic carbocycles. The van der Waals surface area contributed by atoms with Crippen LogP contribution in [0.2, 0.25) is 0 Å². The van der Waals surface area contributed by atoms with Gasteiger partial charge in [-0.25, -0.2) is 0 Å². The van der Waals surface area contributed by atoms with Crippen LogP contribution in [0.4, 0.5) is 8.78 Å². The summed E-state index contributed by atoms with van der Waals surface area (Å²) in [4.78, 5) is 10.8. The molecule has 0 N–H and O–H groups in total. The van der Waals surface area contributed by atoms with E-state index in [9.17, 15) is 13.6 Å². The van der Waals surface area contributed by atoms with E-state index in [-0.39, 0.29) is 17.1 Å². The van der Waals surface area contributed by atoms with Gasteiger partial charge in [0.05, 0.1) is 0 Å². The van der Waals surface area contributed by atoms with E-state index in [1.54, 1.807) is 0 Å². The van der Waals surface area contributed by atoms with E-state index in [0.717, 1.165) is 6.07 Å². The maximum Gasteiger partial charge on any atom is 0.586 e. The number of alkyl halides is 2. The van der Waals surface area contributed by atoms with Crippen LogP contribution in [0, 0.1) is 0 Å². The van der Waals surface area contributed by atoms with E-state index in [4.69, 9.17) is 0 Å². The van der Waals surface area contributed by atoms with E-state index < -0.39 is 11.4 Å². The van der Waals surface area contributed by atoms with Crippen LogP contribution in [-0.4, -0.2) is 11.4 Å². The lowest BCUT2D eigenvalue weighted by molar-refractivity contribution is -0.286. The van der Waals surface area contributed by atoms with Gasteiger partial charge in [-0.3, -0.25) is 4.79 Å². The molecule has 3 nitrogen and oxygen atoms in total. The Hall–Kier alpha value is -1.30. The average Bonchev–Trinajstić information content (AvgIpc) is 2.36. The van der Waals surface area contributed by atoms with Crippen LogP contribution in [0.5, 0.6) is 11.5 Å². The molecule has 1 aliphatic rings. The lowest BCUT2D eigenvalue weighted by Gasteiger charge is -2.04. The second-order valence-corrected chi connectivity index (χ2v) is 3.04. The number of carbonyl (C=O) groups excluding carboxylic acids is 1. The lowest BCUT2D eigenvalue weighted by Crippen LogP contribution is -2.25. The first-order chi connectivity index (χ1) is 6.48. The molecule has 1 aliphatic heterocycles. The molecule has 0 aromatic heterocycles. The Morgan fingerprint density at radius 3 is 2.57 bits per heavy atom. The summed E-state index contributed by atoms with van der Waals surface area (Å²) in [6, 6.07) is 3.73. The Kier molecular flexibility index (Phi) is 1.88. The van der Waals surface area contributed by atoms with Gasteiger partial charge in [-0.15, -0.1) is 21.4 Å². The molecule has 0 spiro atoms. The standard InChI is InChI=1S/C8H4F2O3S/c9-8(10)12-5-2-1-4(7(11)14)3-6(5)13-8/h1-3H,(H,11,14). The molecule has 0 saturated carbocycles. The van der Waals surface area contributed by atoms with Crippen molar-refractivity contribution >= 4 is 17.7 Å². The van der Waals surface area contributed by atoms with Crippen molar-refractivity contribution in [2.45, 2.75) is 6.29 Å². The Balaban J connectivity index is 2.40. The number of carbonyl (C=O) groups is 1. The van der Waals surface area contributed by atoms with E-state index in [2.05, 4.69) is 22.1 Å². The minimum absolute atomic E-state index is 0.0895. The zero-order valence-corrected chi connectivity index (χ0v) is 7.55. The SMILES string of the molecule is O=C(S)c1ccc2c(c1)OC(F)(F)O2. The predicted octanol–water partition coefficient (Wildman–Crippen LogP) is 2.08. The molecule has 1 heterocycles. The molecule has 0 fully saturated rings. The van der Waals surface area contributed by atoms with Crippen molar-refractivity contribution < 1.29 is 23.0 Å². The minimum Gasteiger partial charge on any atom is -0.395 e. The van der Waals surface area contributed by atoms with Crippen LogP contribution < -0.4 is 9.47 Å². The van der Waals surface area contributed by atoms with Gasteiger partial charge in [-0.2, -0.15) is 0 Å². The van der Waals surface area contributed by atoms with Crippen LogP contribution in [-0.2, 0) is 0 Å². The fourth-order valence-corrected chi connectivity index (χ4v) is 1.22. The normalized spacial score (nSPS) is 16.8. The maximum absolute atomic E-state index is 12.5. The van der Waals surface area contributed by atoms with E-state index >= 15 is 0 Å². The second kappa shape index (κ2) is 2.84. The van der Waals surface area contributed by atoms with Crippen molar-refractivity contribution in [2.24, 2.45) is 0 Å². The summed E-state index contributed by atoms with van der Waals surface area (Å²) in [5.74, 6) is -0.247. The number of ether oxygens (including phenoxy) is 2. The summed E-state index contributed by atoms with van der Waals surface area (Å²) in [6.07, 6.45) is -3.65. The van der Waals surface area contributed by atoms with Crippen molar-refractivity contribution in [3.63, 3.8) is 0 Å².